The van der Waals surface area contributed by atoms with Gasteiger partial charge in [0.15, 0.2) is 0 Å². The number of aryl methyl sites for hydroxylation is 1. The third-order valence-electron chi connectivity index (χ3n) is 4.41. The minimum Gasteiger partial charge on any atom is -0.381 e. The fourth-order valence-corrected chi connectivity index (χ4v) is 3.45. The highest BCUT2D eigenvalue weighted by Crippen LogP contribution is 2.35. The van der Waals surface area contributed by atoms with E-state index in [0.717, 1.165) is 37.7 Å². The molecule has 1 atom stereocenters. The summed E-state index contributed by atoms with van der Waals surface area (Å²) in [5.41, 5.74) is 1.17. The predicted octanol–water partition coefficient (Wildman–Crippen LogP) is 2.14. The molecule has 0 radical (unpaired) electrons. The van der Waals surface area contributed by atoms with Crippen LogP contribution in [-0.2, 0) is 4.74 Å². The average molecular weight is 276 g/mol. The van der Waals surface area contributed by atoms with Crippen molar-refractivity contribution in [3.05, 3.63) is 17.6 Å². The summed E-state index contributed by atoms with van der Waals surface area (Å²) in [6, 6.07) is 3.21. The zero-order chi connectivity index (χ0) is 13.9. The molecule has 2 fully saturated rings. The molecule has 5 heteroatoms. The first-order valence-corrected chi connectivity index (χ1v) is 7.65. The summed E-state index contributed by atoms with van der Waals surface area (Å²) in [5.74, 6) is 1.78. The van der Waals surface area contributed by atoms with E-state index in [1.54, 1.807) is 0 Å². The van der Waals surface area contributed by atoms with Crippen LogP contribution in [0.1, 0.15) is 43.2 Å². The van der Waals surface area contributed by atoms with Crippen LogP contribution in [0.5, 0.6) is 0 Å². The zero-order valence-electron chi connectivity index (χ0n) is 12.4. The van der Waals surface area contributed by atoms with Gasteiger partial charge in [-0.3, -0.25) is 4.90 Å². The normalized spacial score (nSPS) is 25.0. The fraction of sp³-hybridized carbons (Fsp3) is 0.733. The van der Waals surface area contributed by atoms with Crippen LogP contribution < -0.4 is 5.32 Å². The van der Waals surface area contributed by atoms with Crippen molar-refractivity contribution in [3.8, 4) is 0 Å². The number of hydrogen-bond donors (Lipinski definition) is 1. The van der Waals surface area contributed by atoms with Gasteiger partial charge in [-0.15, -0.1) is 0 Å². The van der Waals surface area contributed by atoms with Gasteiger partial charge < -0.3 is 10.1 Å². The molecule has 110 valence electrons. The first-order valence-electron chi connectivity index (χ1n) is 7.65. The number of rotatable bonds is 3. The van der Waals surface area contributed by atoms with Crippen LogP contribution in [0.2, 0.25) is 0 Å². The Kier molecular flexibility index (Phi) is 4.17. The van der Waals surface area contributed by atoms with Crippen LogP contribution in [0.4, 0.5) is 5.82 Å². The lowest BCUT2D eigenvalue weighted by molar-refractivity contribution is 0.0285. The van der Waals surface area contributed by atoms with Crippen molar-refractivity contribution in [2.24, 2.45) is 0 Å². The summed E-state index contributed by atoms with van der Waals surface area (Å²) in [4.78, 5) is 11.7. The van der Waals surface area contributed by atoms with Gasteiger partial charge >= 0.3 is 0 Å². The molecular weight excluding hydrogens is 252 g/mol. The van der Waals surface area contributed by atoms with E-state index in [1.807, 2.05) is 14.0 Å². The van der Waals surface area contributed by atoms with Gasteiger partial charge in [0.1, 0.15) is 11.6 Å². The minimum atomic E-state index is 0.451. The van der Waals surface area contributed by atoms with Crippen molar-refractivity contribution in [3.63, 3.8) is 0 Å². The molecule has 0 aliphatic carbocycles. The van der Waals surface area contributed by atoms with E-state index in [2.05, 4.69) is 26.3 Å². The maximum absolute atomic E-state index is 5.49. The highest BCUT2D eigenvalue weighted by Gasteiger charge is 2.33. The van der Waals surface area contributed by atoms with Crippen LogP contribution in [0, 0.1) is 6.92 Å². The number of likely N-dealkylation sites (tertiary alicyclic amines) is 1. The molecule has 2 aliphatic rings. The van der Waals surface area contributed by atoms with E-state index in [0.29, 0.717) is 12.1 Å². The molecule has 5 nitrogen and oxygen atoms in total. The second-order valence-electron chi connectivity index (χ2n) is 5.71. The van der Waals surface area contributed by atoms with E-state index in [9.17, 15) is 0 Å². The standard InChI is InChI=1S/C15H24N4O/c1-11-17-13(10-15(16-2)18-11)14-4-3-7-19(14)12-5-8-20-9-6-12/h10,12,14H,3-9H2,1-2H3,(H,16,17,18)/t14-/m0/s1. The van der Waals surface area contributed by atoms with Gasteiger partial charge in [-0.1, -0.05) is 0 Å². The van der Waals surface area contributed by atoms with Crippen molar-refractivity contribution >= 4 is 5.82 Å². The Labute approximate surface area is 120 Å². The third kappa shape index (κ3) is 2.79. The zero-order valence-corrected chi connectivity index (χ0v) is 12.4. The van der Waals surface area contributed by atoms with Gasteiger partial charge in [-0.2, -0.15) is 0 Å². The van der Waals surface area contributed by atoms with Crippen LogP contribution in [0.3, 0.4) is 0 Å². The quantitative estimate of drug-likeness (QED) is 0.916. The fourth-order valence-electron chi connectivity index (χ4n) is 3.45. The molecule has 0 unspecified atom stereocenters. The minimum absolute atomic E-state index is 0.451. The van der Waals surface area contributed by atoms with Gasteiger partial charge in [-0.05, 0) is 39.2 Å². The molecule has 0 aromatic carbocycles. The summed E-state index contributed by atoms with van der Waals surface area (Å²) >= 11 is 0. The van der Waals surface area contributed by atoms with Crippen LogP contribution in [0.25, 0.3) is 0 Å². The number of hydrogen-bond acceptors (Lipinski definition) is 5. The second kappa shape index (κ2) is 6.06. The number of nitrogens with zero attached hydrogens (tertiary/aromatic N) is 3. The first kappa shape index (κ1) is 13.8. The summed E-state index contributed by atoms with van der Waals surface area (Å²) in [7, 11) is 1.91. The Morgan fingerprint density at radius 2 is 2.05 bits per heavy atom. The molecule has 1 aromatic rings. The average Bonchev–Trinajstić information content (AvgIpc) is 2.97. The van der Waals surface area contributed by atoms with Gasteiger partial charge in [0.2, 0.25) is 0 Å². The van der Waals surface area contributed by atoms with Crippen LogP contribution in [-0.4, -0.2) is 47.7 Å². The van der Waals surface area contributed by atoms with Crippen molar-refractivity contribution in [1.82, 2.24) is 14.9 Å². The summed E-state index contributed by atoms with van der Waals surface area (Å²) < 4.78 is 5.49. The maximum atomic E-state index is 5.49. The number of nitrogens with one attached hydrogen (secondary N) is 1. The SMILES string of the molecule is CNc1cc([C@@H]2CCCN2C2CCOCC2)nc(C)n1. The van der Waals surface area contributed by atoms with E-state index in [-0.39, 0.29) is 0 Å². The molecule has 0 saturated carbocycles. The van der Waals surface area contributed by atoms with Gasteiger partial charge in [-0.25, -0.2) is 9.97 Å². The lowest BCUT2D eigenvalue weighted by Crippen LogP contribution is -2.39. The Balaban J connectivity index is 1.82. The van der Waals surface area contributed by atoms with E-state index in [1.165, 1.54) is 25.1 Å². The molecule has 1 N–H and O–H groups in total. The molecule has 0 bridgehead atoms. The molecule has 3 rings (SSSR count). The Bertz CT molecular complexity index is 459. The number of anilines is 1. The van der Waals surface area contributed by atoms with Crippen molar-refractivity contribution in [1.29, 1.82) is 0 Å². The first-order chi connectivity index (χ1) is 9.78. The van der Waals surface area contributed by atoms with Crippen molar-refractivity contribution in [2.45, 2.75) is 44.7 Å². The molecule has 0 amide bonds. The van der Waals surface area contributed by atoms with Gasteiger partial charge in [0, 0.05) is 32.4 Å². The van der Waals surface area contributed by atoms with Gasteiger partial charge in [0.05, 0.1) is 11.7 Å². The highest BCUT2D eigenvalue weighted by molar-refractivity contribution is 5.36. The molecule has 2 aliphatic heterocycles. The second-order valence-corrected chi connectivity index (χ2v) is 5.71. The number of ether oxygens (including phenoxy) is 1. The van der Waals surface area contributed by atoms with Crippen molar-refractivity contribution in [2.75, 3.05) is 32.1 Å². The Morgan fingerprint density at radius 1 is 1.25 bits per heavy atom. The Morgan fingerprint density at radius 3 is 2.80 bits per heavy atom. The van der Waals surface area contributed by atoms with Crippen LogP contribution >= 0.6 is 0 Å². The molecule has 0 spiro atoms. The predicted molar refractivity (Wildman–Crippen MR) is 78.8 cm³/mol. The monoisotopic (exact) mass is 276 g/mol. The third-order valence-corrected chi connectivity index (χ3v) is 4.41. The van der Waals surface area contributed by atoms with E-state index >= 15 is 0 Å². The molecular formula is C15H24N4O. The molecule has 20 heavy (non-hydrogen) atoms. The summed E-state index contributed by atoms with van der Waals surface area (Å²) in [5, 5.41) is 3.14. The lowest BCUT2D eigenvalue weighted by atomic mass is 10.0. The van der Waals surface area contributed by atoms with E-state index < -0.39 is 0 Å². The summed E-state index contributed by atoms with van der Waals surface area (Å²) in [6.45, 7) is 4.96. The van der Waals surface area contributed by atoms with E-state index in [4.69, 9.17) is 4.74 Å². The Hall–Kier alpha value is -1.20. The topological polar surface area (TPSA) is 50.3 Å². The smallest absolute Gasteiger partial charge is 0.129 e. The maximum Gasteiger partial charge on any atom is 0.129 e. The summed E-state index contributed by atoms with van der Waals surface area (Å²) in [6.07, 6.45) is 4.77. The largest absolute Gasteiger partial charge is 0.381 e. The molecule has 1 aromatic heterocycles. The van der Waals surface area contributed by atoms with Crippen molar-refractivity contribution < 1.29 is 4.74 Å². The molecule has 3 heterocycles. The van der Waals surface area contributed by atoms with Crippen LogP contribution in [0.15, 0.2) is 6.07 Å². The van der Waals surface area contributed by atoms with Gasteiger partial charge in [0.25, 0.3) is 0 Å². The number of aromatic nitrogens is 2. The highest BCUT2D eigenvalue weighted by atomic mass is 16.5. The molecule has 2 saturated heterocycles. The lowest BCUT2D eigenvalue weighted by Gasteiger charge is -2.35.